The van der Waals surface area contributed by atoms with Gasteiger partial charge in [0.1, 0.15) is 11.9 Å². The van der Waals surface area contributed by atoms with E-state index in [1.165, 1.54) is 12.5 Å². The molecule has 1 N–H and O–H groups in total. The Kier molecular flexibility index (Phi) is 8.26. The van der Waals surface area contributed by atoms with E-state index in [4.69, 9.17) is 9.47 Å². The molecule has 7 nitrogen and oxygen atoms in total. The molecule has 1 amide bonds. The van der Waals surface area contributed by atoms with Crippen molar-refractivity contribution in [3.05, 3.63) is 88.5 Å². The third kappa shape index (κ3) is 5.57. The molecule has 3 aromatic rings. The van der Waals surface area contributed by atoms with Gasteiger partial charge < -0.3 is 19.5 Å². The number of piperidine rings is 1. The number of benzene rings is 3. The molecule has 7 heteroatoms. The van der Waals surface area contributed by atoms with Gasteiger partial charge in [-0.25, -0.2) is 0 Å². The van der Waals surface area contributed by atoms with Crippen molar-refractivity contribution in [3.63, 3.8) is 0 Å². The number of phenols is 1. The van der Waals surface area contributed by atoms with Crippen LogP contribution < -0.4 is 9.47 Å². The van der Waals surface area contributed by atoms with Crippen molar-refractivity contribution >= 4 is 11.9 Å². The SMILES string of the molecule is CC(=O)Oc1cc(O)c2c3c1O[C@H]1[C@@H](N(CC(C)C)C(=O)C#Cc4cccc(C)c4)CC[C@H]4[C@@H](C2)N(CCc2ccccc2)CC[C@@]341. The van der Waals surface area contributed by atoms with Gasteiger partial charge in [-0.1, -0.05) is 62.2 Å². The van der Waals surface area contributed by atoms with Crippen molar-refractivity contribution in [1.82, 2.24) is 9.80 Å². The third-order valence-electron chi connectivity index (χ3n) is 10.8. The monoisotopic (exact) mass is 632 g/mol. The Hall–Kier alpha value is -4.28. The summed E-state index contributed by atoms with van der Waals surface area (Å²) in [5, 5.41) is 11.5. The normalized spacial score (nSPS) is 25.3. The highest BCUT2D eigenvalue weighted by Crippen LogP contribution is 2.65. The molecule has 7 rings (SSSR count). The summed E-state index contributed by atoms with van der Waals surface area (Å²) >= 11 is 0. The van der Waals surface area contributed by atoms with Crippen molar-refractivity contribution in [2.75, 3.05) is 19.6 Å². The Balaban J connectivity index is 1.28. The lowest BCUT2D eigenvalue weighted by atomic mass is 9.50. The van der Waals surface area contributed by atoms with Gasteiger partial charge in [0.05, 0.1) is 6.04 Å². The van der Waals surface area contributed by atoms with Crippen LogP contribution in [0.25, 0.3) is 0 Å². The molecule has 244 valence electrons. The second-order valence-corrected chi connectivity index (χ2v) is 14.3. The van der Waals surface area contributed by atoms with Crippen LogP contribution in [0.3, 0.4) is 0 Å². The Labute approximate surface area is 277 Å². The number of nitrogens with zero attached hydrogens (tertiary/aromatic N) is 2. The summed E-state index contributed by atoms with van der Waals surface area (Å²) < 4.78 is 12.7. The number of likely N-dealkylation sites (tertiary alicyclic amines) is 1. The highest BCUT2D eigenvalue weighted by molar-refractivity contribution is 5.94. The van der Waals surface area contributed by atoms with E-state index in [0.717, 1.165) is 61.0 Å². The average molecular weight is 633 g/mol. The smallest absolute Gasteiger partial charge is 0.308 e. The second-order valence-electron chi connectivity index (χ2n) is 14.3. The second kappa shape index (κ2) is 12.4. The number of phenolic OH excluding ortho intramolecular Hbond substituents is 1. The highest BCUT2D eigenvalue weighted by Gasteiger charge is 2.67. The first kappa shape index (κ1) is 31.3. The summed E-state index contributed by atoms with van der Waals surface area (Å²) in [5.41, 5.74) is 4.72. The van der Waals surface area contributed by atoms with E-state index >= 15 is 0 Å². The van der Waals surface area contributed by atoms with E-state index in [2.05, 4.69) is 60.9 Å². The van der Waals surface area contributed by atoms with Crippen LogP contribution >= 0.6 is 0 Å². The average Bonchev–Trinajstić information content (AvgIpc) is 3.38. The summed E-state index contributed by atoms with van der Waals surface area (Å²) in [7, 11) is 0. The van der Waals surface area contributed by atoms with Crippen LogP contribution in [0.2, 0.25) is 0 Å². The van der Waals surface area contributed by atoms with Crippen molar-refractivity contribution in [1.29, 1.82) is 0 Å². The quantitative estimate of drug-likeness (QED) is 0.201. The Morgan fingerprint density at radius 1 is 1.13 bits per heavy atom. The van der Waals surface area contributed by atoms with E-state index in [-0.39, 0.29) is 47.4 Å². The maximum absolute atomic E-state index is 14.0. The molecule has 47 heavy (non-hydrogen) atoms. The first-order valence-corrected chi connectivity index (χ1v) is 17.1. The van der Waals surface area contributed by atoms with Crippen molar-refractivity contribution in [3.8, 4) is 29.1 Å². The number of rotatable bonds is 7. The molecular formula is C40H44N2O5. The van der Waals surface area contributed by atoms with Gasteiger partial charge in [-0.05, 0) is 80.7 Å². The minimum absolute atomic E-state index is 0.151. The standard InChI is InChI=1S/C40H44N2O5/c1-25(2)24-42(36(45)16-13-29-12-8-9-26(3)21-29)32-15-14-31-33-22-30-34(44)23-35(46-27(4)43)38-37(30)40(31,39(32)47-38)18-20-41(33)19-17-28-10-6-5-7-11-28/h5-12,21,23,25,31-33,39,44H,14-15,17-20,22,24H2,1-4H3/t31-,32-,33+,39-,40-/m0/s1. The lowest BCUT2D eigenvalue weighted by Gasteiger charge is -2.60. The fraction of sp³-hybridized carbons (Fsp3) is 0.450. The van der Waals surface area contributed by atoms with Crippen molar-refractivity contribution < 1.29 is 24.2 Å². The van der Waals surface area contributed by atoms with Gasteiger partial charge in [0.2, 0.25) is 0 Å². The topological polar surface area (TPSA) is 79.3 Å². The maximum atomic E-state index is 14.0. The van der Waals surface area contributed by atoms with Gasteiger partial charge in [0.15, 0.2) is 11.5 Å². The molecule has 2 heterocycles. The third-order valence-corrected chi connectivity index (χ3v) is 10.8. The molecule has 2 bridgehead atoms. The summed E-state index contributed by atoms with van der Waals surface area (Å²) in [4.78, 5) is 30.8. The van der Waals surface area contributed by atoms with Gasteiger partial charge in [-0.3, -0.25) is 14.5 Å². The lowest BCUT2D eigenvalue weighted by molar-refractivity contribution is -0.137. The fourth-order valence-corrected chi connectivity index (χ4v) is 9.08. The van der Waals surface area contributed by atoms with E-state index in [9.17, 15) is 14.7 Å². The predicted molar refractivity (Wildman–Crippen MR) is 180 cm³/mol. The van der Waals surface area contributed by atoms with E-state index < -0.39 is 11.4 Å². The number of carbonyl (C=O) groups excluding carboxylic acids is 2. The number of hydrogen-bond acceptors (Lipinski definition) is 6. The van der Waals surface area contributed by atoms with E-state index in [1.54, 1.807) is 6.07 Å². The first-order chi connectivity index (χ1) is 22.7. The Morgan fingerprint density at radius 2 is 1.94 bits per heavy atom. The molecule has 1 saturated heterocycles. The summed E-state index contributed by atoms with van der Waals surface area (Å²) in [6, 6.07) is 20.1. The minimum atomic E-state index is -0.461. The van der Waals surface area contributed by atoms with E-state index in [1.807, 2.05) is 36.1 Å². The van der Waals surface area contributed by atoms with Crippen molar-refractivity contribution in [2.24, 2.45) is 11.8 Å². The summed E-state index contributed by atoms with van der Waals surface area (Å²) in [6.07, 6.45) is 3.91. The van der Waals surface area contributed by atoms with Crippen LogP contribution in [0.4, 0.5) is 0 Å². The molecule has 0 unspecified atom stereocenters. The highest BCUT2D eigenvalue weighted by atomic mass is 16.6. The van der Waals surface area contributed by atoms with Crippen LogP contribution in [0.5, 0.6) is 17.2 Å². The number of esters is 1. The number of aryl methyl sites for hydroxylation is 1. The zero-order valence-electron chi connectivity index (χ0n) is 27.8. The van der Waals surface area contributed by atoms with Crippen LogP contribution in [0.15, 0.2) is 60.7 Å². The van der Waals surface area contributed by atoms with Gasteiger partial charge in [0, 0.05) is 60.1 Å². The lowest BCUT2D eigenvalue weighted by Crippen LogP contribution is -2.69. The molecule has 1 spiro atoms. The molecular weight excluding hydrogens is 588 g/mol. The zero-order valence-corrected chi connectivity index (χ0v) is 27.8. The molecule has 5 atom stereocenters. The van der Waals surface area contributed by atoms with Crippen molar-refractivity contribution in [2.45, 2.75) is 83.4 Å². The van der Waals surface area contributed by atoms with Gasteiger partial charge >= 0.3 is 5.97 Å². The summed E-state index contributed by atoms with van der Waals surface area (Å²) in [5.74, 6) is 6.92. The molecule has 2 aliphatic heterocycles. The maximum Gasteiger partial charge on any atom is 0.308 e. The number of ether oxygens (including phenoxy) is 2. The van der Waals surface area contributed by atoms with Crippen LogP contribution in [0, 0.1) is 30.6 Å². The van der Waals surface area contributed by atoms with Crippen LogP contribution in [-0.2, 0) is 27.8 Å². The Bertz CT molecular complexity index is 1760. The van der Waals surface area contributed by atoms with Gasteiger partial charge in [0.25, 0.3) is 5.91 Å². The molecule has 0 aromatic heterocycles. The molecule has 2 aliphatic carbocycles. The minimum Gasteiger partial charge on any atom is -0.508 e. The number of aromatic hydroxyl groups is 1. The molecule has 2 fully saturated rings. The van der Waals surface area contributed by atoms with Crippen LogP contribution in [-0.4, -0.2) is 64.6 Å². The van der Waals surface area contributed by atoms with Crippen LogP contribution in [0.1, 0.15) is 67.9 Å². The van der Waals surface area contributed by atoms with E-state index in [0.29, 0.717) is 18.7 Å². The van der Waals surface area contributed by atoms with Gasteiger partial charge in [-0.15, -0.1) is 0 Å². The zero-order chi connectivity index (χ0) is 32.9. The predicted octanol–water partition coefficient (Wildman–Crippen LogP) is 5.81. The molecule has 3 aromatic carbocycles. The fourth-order valence-electron chi connectivity index (χ4n) is 9.08. The number of carbonyl (C=O) groups is 2. The number of hydrogen-bond donors (Lipinski definition) is 1. The summed E-state index contributed by atoms with van der Waals surface area (Å²) in [6.45, 7) is 10.0. The number of amides is 1. The first-order valence-electron chi connectivity index (χ1n) is 17.1. The molecule has 4 aliphatic rings. The Morgan fingerprint density at radius 3 is 2.68 bits per heavy atom. The van der Waals surface area contributed by atoms with Gasteiger partial charge in [-0.2, -0.15) is 0 Å². The largest absolute Gasteiger partial charge is 0.508 e. The molecule has 0 radical (unpaired) electrons. The molecule has 1 saturated carbocycles.